The molecule has 0 aromatic heterocycles. The number of rotatable bonds is 8. The van der Waals surface area contributed by atoms with Crippen molar-refractivity contribution < 1.29 is 9.90 Å². The van der Waals surface area contributed by atoms with Gasteiger partial charge in [0.05, 0.1) is 6.42 Å². The number of carbonyl (C=O) groups is 1. The van der Waals surface area contributed by atoms with Crippen LogP contribution in [0.3, 0.4) is 0 Å². The molecule has 0 heterocycles. The minimum Gasteiger partial charge on any atom is -0.481 e. The lowest BCUT2D eigenvalue weighted by molar-refractivity contribution is -0.136. The minimum atomic E-state index is -0.731. The van der Waals surface area contributed by atoms with Crippen molar-refractivity contribution in [3.05, 3.63) is 29.8 Å². The molecule has 1 rings (SSSR count). The molecule has 0 aliphatic heterocycles. The van der Waals surface area contributed by atoms with Gasteiger partial charge in [-0.15, -0.1) is 0 Å². The lowest BCUT2D eigenvalue weighted by atomic mass is 10.1. The van der Waals surface area contributed by atoms with E-state index in [-0.39, 0.29) is 6.42 Å². The molecule has 0 amide bonds. The van der Waals surface area contributed by atoms with E-state index in [2.05, 4.69) is 30.9 Å². The molecule has 0 saturated heterocycles. The number of benzene rings is 1. The van der Waals surface area contributed by atoms with E-state index >= 15 is 0 Å². The molecular weight excluding hydrogens is 226 g/mol. The van der Waals surface area contributed by atoms with Crippen molar-refractivity contribution in [2.24, 2.45) is 0 Å². The van der Waals surface area contributed by atoms with Gasteiger partial charge in [0.25, 0.3) is 0 Å². The van der Waals surface area contributed by atoms with Crippen LogP contribution in [-0.2, 0) is 11.2 Å². The molecule has 3 nitrogen and oxygen atoms in total. The fourth-order valence-electron chi connectivity index (χ4n) is 2.05. The highest BCUT2D eigenvalue weighted by molar-refractivity contribution is 5.68. The monoisotopic (exact) mass is 249 g/mol. The maximum absolute atomic E-state index is 10.7. The Morgan fingerprint density at radius 3 is 2.56 bits per heavy atom. The van der Waals surface area contributed by atoms with Crippen molar-refractivity contribution in [2.45, 2.75) is 39.5 Å². The van der Waals surface area contributed by atoms with Gasteiger partial charge in [-0.1, -0.05) is 38.5 Å². The van der Waals surface area contributed by atoms with Crippen LogP contribution in [0.15, 0.2) is 24.3 Å². The molecule has 0 spiro atoms. The highest BCUT2D eigenvalue weighted by Gasteiger charge is 2.11. The second-order valence-corrected chi connectivity index (χ2v) is 4.47. The molecule has 0 fully saturated rings. The van der Waals surface area contributed by atoms with Gasteiger partial charge in [-0.25, -0.2) is 0 Å². The number of anilines is 1. The smallest absolute Gasteiger partial charge is 0.305 e. The Kier molecular flexibility index (Phi) is 6.26. The number of carboxylic acids is 1. The van der Waals surface area contributed by atoms with E-state index in [0.717, 1.165) is 25.8 Å². The second-order valence-electron chi connectivity index (χ2n) is 4.47. The zero-order chi connectivity index (χ0) is 13.4. The summed E-state index contributed by atoms with van der Waals surface area (Å²) in [6, 6.07) is 8.27. The van der Waals surface area contributed by atoms with Gasteiger partial charge in [-0.3, -0.25) is 4.79 Å². The second kappa shape index (κ2) is 7.75. The van der Waals surface area contributed by atoms with Crippen molar-refractivity contribution in [1.82, 2.24) is 0 Å². The molecule has 18 heavy (non-hydrogen) atoms. The molecule has 0 unspecified atom stereocenters. The van der Waals surface area contributed by atoms with E-state index in [0.29, 0.717) is 6.54 Å². The third-order valence-corrected chi connectivity index (χ3v) is 3.09. The third kappa shape index (κ3) is 4.40. The quantitative estimate of drug-likeness (QED) is 0.768. The van der Waals surface area contributed by atoms with Crippen LogP contribution in [0.5, 0.6) is 0 Å². The lowest BCUT2D eigenvalue weighted by Gasteiger charge is -2.26. The van der Waals surface area contributed by atoms with Crippen LogP contribution in [0.4, 0.5) is 5.69 Å². The Morgan fingerprint density at radius 2 is 1.94 bits per heavy atom. The predicted molar refractivity (Wildman–Crippen MR) is 75.2 cm³/mol. The van der Waals surface area contributed by atoms with Crippen molar-refractivity contribution in [1.29, 1.82) is 0 Å². The molecule has 0 aliphatic carbocycles. The standard InChI is InChI=1S/C15H23NO2/c1-3-5-11-16(12-10-15(17)18)14-9-7-6-8-13(14)4-2/h6-9H,3-5,10-12H2,1-2H3,(H,17,18). The predicted octanol–water partition coefficient (Wildman–Crippen LogP) is 3.33. The van der Waals surface area contributed by atoms with Gasteiger partial charge in [-0.2, -0.15) is 0 Å². The van der Waals surface area contributed by atoms with Crippen molar-refractivity contribution >= 4 is 11.7 Å². The molecule has 0 aliphatic rings. The van der Waals surface area contributed by atoms with Crippen LogP contribution in [0.25, 0.3) is 0 Å². The normalized spacial score (nSPS) is 10.3. The molecule has 1 aromatic carbocycles. The SMILES string of the molecule is CCCCN(CCC(=O)O)c1ccccc1CC. The topological polar surface area (TPSA) is 40.5 Å². The van der Waals surface area contributed by atoms with E-state index in [1.54, 1.807) is 0 Å². The fourth-order valence-corrected chi connectivity index (χ4v) is 2.05. The van der Waals surface area contributed by atoms with Gasteiger partial charge in [-0.05, 0) is 24.5 Å². The first-order valence-electron chi connectivity index (χ1n) is 6.73. The average molecular weight is 249 g/mol. The number of aliphatic carboxylic acids is 1. The Bertz CT molecular complexity index is 377. The van der Waals surface area contributed by atoms with Crippen molar-refractivity contribution in [3.8, 4) is 0 Å². The van der Waals surface area contributed by atoms with E-state index < -0.39 is 5.97 Å². The Morgan fingerprint density at radius 1 is 1.22 bits per heavy atom. The summed E-state index contributed by atoms with van der Waals surface area (Å²) < 4.78 is 0. The van der Waals surface area contributed by atoms with Crippen LogP contribution in [0.1, 0.15) is 38.7 Å². The zero-order valence-corrected chi connectivity index (χ0v) is 11.4. The number of hydrogen-bond acceptors (Lipinski definition) is 2. The minimum absolute atomic E-state index is 0.196. The summed E-state index contributed by atoms with van der Waals surface area (Å²) in [6.45, 7) is 5.81. The van der Waals surface area contributed by atoms with Crippen LogP contribution < -0.4 is 4.90 Å². The molecule has 0 atom stereocenters. The van der Waals surface area contributed by atoms with Crippen molar-refractivity contribution in [3.63, 3.8) is 0 Å². The first-order chi connectivity index (χ1) is 8.69. The number of carboxylic acid groups (broad SMARTS) is 1. The van der Waals surface area contributed by atoms with E-state index in [1.165, 1.54) is 11.3 Å². The van der Waals surface area contributed by atoms with Gasteiger partial charge >= 0.3 is 5.97 Å². The third-order valence-electron chi connectivity index (χ3n) is 3.09. The number of hydrogen-bond donors (Lipinski definition) is 1. The van der Waals surface area contributed by atoms with Gasteiger partial charge in [0.1, 0.15) is 0 Å². The highest BCUT2D eigenvalue weighted by atomic mass is 16.4. The molecule has 1 N–H and O–H groups in total. The first-order valence-corrected chi connectivity index (χ1v) is 6.73. The maximum Gasteiger partial charge on any atom is 0.305 e. The first kappa shape index (κ1) is 14.6. The summed E-state index contributed by atoms with van der Waals surface area (Å²) in [5, 5.41) is 8.83. The van der Waals surface area contributed by atoms with E-state index in [9.17, 15) is 4.79 Å². The molecule has 0 radical (unpaired) electrons. The Hall–Kier alpha value is -1.51. The molecule has 100 valence electrons. The number of nitrogens with zero attached hydrogens (tertiary/aromatic N) is 1. The molecule has 0 bridgehead atoms. The number of aryl methyl sites for hydroxylation is 1. The molecule has 0 saturated carbocycles. The van der Waals surface area contributed by atoms with Crippen LogP contribution in [0, 0.1) is 0 Å². The van der Waals surface area contributed by atoms with Crippen LogP contribution in [-0.4, -0.2) is 24.2 Å². The largest absolute Gasteiger partial charge is 0.481 e. The summed E-state index contributed by atoms with van der Waals surface area (Å²) in [4.78, 5) is 12.9. The fraction of sp³-hybridized carbons (Fsp3) is 0.533. The average Bonchev–Trinajstić information content (AvgIpc) is 2.38. The van der Waals surface area contributed by atoms with E-state index in [4.69, 9.17) is 5.11 Å². The van der Waals surface area contributed by atoms with Gasteiger partial charge in [0, 0.05) is 18.8 Å². The van der Waals surface area contributed by atoms with Gasteiger partial charge < -0.3 is 10.0 Å². The van der Waals surface area contributed by atoms with Gasteiger partial charge in [0.2, 0.25) is 0 Å². The Labute approximate surface area is 109 Å². The van der Waals surface area contributed by atoms with Crippen molar-refractivity contribution in [2.75, 3.05) is 18.0 Å². The number of unbranched alkanes of at least 4 members (excludes halogenated alkanes) is 1. The zero-order valence-electron chi connectivity index (χ0n) is 11.4. The lowest BCUT2D eigenvalue weighted by Crippen LogP contribution is -2.28. The highest BCUT2D eigenvalue weighted by Crippen LogP contribution is 2.21. The van der Waals surface area contributed by atoms with Crippen LogP contribution >= 0.6 is 0 Å². The molecule has 3 heteroatoms. The Balaban J connectivity index is 2.82. The summed E-state index contributed by atoms with van der Waals surface area (Å²) in [5.74, 6) is -0.731. The molecular formula is C15H23NO2. The molecule has 1 aromatic rings. The van der Waals surface area contributed by atoms with Gasteiger partial charge in [0.15, 0.2) is 0 Å². The maximum atomic E-state index is 10.7. The van der Waals surface area contributed by atoms with E-state index in [1.807, 2.05) is 12.1 Å². The summed E-state index contributed by atoms with van der Waals surface area (Å²) in [7, 11) is 0. The van der Waals surface area contributed by atoms with Crippen LogP contribution in [0.2, 0.25) is 0 Å². The summed E-state index contributed by atoms with van der Waals surface area (Å²) in [6.07, 6.45) is 3.39. The summed E-state index contributed by atoms with van der Waals surface area (Å²) in [5.41, 5.74) is 2.48. The number of para-hydroxylation sites is 1. The summed E-state index contributed by atoms with van der Waals surface area (Å²) >= 11 is 0.